The summed E-state index contributed by atoms with van der Waals surface area (Å²) in [5.74, 6) is -3.21. The maximum atomic E-state index is 12.9. The molecule has 0 rings (SSSR count). The molecule has 13 heteroatoms. The van der Waals surface area contributed by atoms with Crippen molar-refractivity contribution in [1.82, 2.24) is 16.0 Å². The van der Waals surface area contributed by atoms with Crippen LogP contribution >= 0.6 is 23.5 Å². The number of nitrogens with one attached hydrogen (secondary N) is 3. The minimum Gasteiger partial charge on any atom is -0.480 e. The quantitative estimate of drug-likeness (QED) is 0.155. The Labute approximate surface area is 196 Å². The van der Waals surface area contributed by atoms with Gasteiger partial charge in [0.05, 0.1) is 12.5 Å². The lowest BCUT2D eigenvalue weighted by Crippen LogP contribution is -2.58. The zero-order chi connectivity index (χ0) is 24.8. The molecule has 0 fully saturated rings. The molecule has 0 radical (unpaired) electrons. The van der Waals surface area contributed by atoms with Crippen molar-refractivity contribution in [1.29, 1.82) is 0 Å². The summed E-state index contributed by atoms with van der Waals surface area (Å²) in [4.78, 5) is 60.3. The highest BCUT2D eigenvalue weighted by Gasteiger charge is 2.31. The third-order valence-electron chi connectivity index (χ3n) is 4.48. The lowest BCUT2D eigenvalue weighted by atomic mass is 10.0. The number of carboxylic acids is 1. The minimum atomic E-state index is -1.51. The number of rotatable bonds is 16. The van der Waals surface area contributed by atoms with E-state index in [2.05, 4.69) is 16.0 Å². The van der Waals surface area contributed by atoms with Gasteiger partial charge in [0.15, 0.2) is 0 Å². The smallest absolute Gasteiger partial charge is 0.326 e. The Morgan fingerprint density at radius 3 is 1.84 bits per heavy atom. The molecule has 184 valence electrons. The summed E-state index contributed by atoms with van der Waals surface area (Å²) in [6.45, 7) is 3.48. The van der Waals surface area contributed by atoms with Gasteiger partial charge in [-0.25, -0.2) is 4.79 Å². The van der Waals surface area contributed by atoms with Crippen molar-refractivity contribution >= 4 is 53.1 Å². The van der Waals surface area contributed by atoms with Crippen LogP contribution in [0.2, 0.25) is 0 Å². The lowest BCUT2D eigenvalue weighted by Gasteiger charge is -2.27. The molecule has 0 aliphatic carbocycles. The zero-order valence-electron chi connectivity index (χ0n) is 18.9. The summed E-state index contributed by atoms with van der Waals surface area (Å²) in [6, 6.07) is -4.28. The second-order valence-electron chi connectivity index (χ2n) is 7.53. The molecule has 0 aromatic carbocycles. The van der Waals surface area contributed by atoms with E-state index in [1.54, 1.807) is 25.6 Å². The number of primary amides is 1. The van der Waals surface area contributed by atoms with Crippen LogP contribution in [0.4, 0.5) is 0 Å². The van der Waals surface area contributed by atoms with Gasteiger partial charge in [-0.05, 0) is 42.8 Å². The van der Waals surface area contributed by atoms with Crippen LogP contribution in [0.25, 0.3) is 0 Å². The van der Waals surface area contributed by atoms with Crippen LogP contribution in [0.3, 0.4) is 0 Å². The van der Waals surface area contributed by atoms with E-state index < -0.39 is 60.2 Å². The van der Waals surface area contributed by atoms with Crippen LogP contribution in [0.1, 0.15) is 33.1 Å². The minimum absolute atomic E-state index is 0.216. The molecule has 0 aliphatic rings. The fraction of sp³-hybridized carbons (Fsp3) is 0.737. The van der Waals surface area contributed by atoms with E-state index in [4.69, 9.17) is 11.5 Å². The topological polar surface area (TPSA) is 194 Å². The second-order valence-corrected chi connectivity index (χ2v) is 9.50. The van der Waals surface area contributed by atoms with Crippen LogP contribution in [0, 0.1) is 5.92 Å². The molecule has 4 atom stereocenters. The number of amides is 4. The third-order valence-corrected chi connectivity index (χ3v) is 5.77. The average molecular weight is 494 g/mol. The first-order valence-electron chi connectivity index (χ1n) is 10.1. The van der Waals surface area contributed by atoms with Gasteiger partial charge in [-0.1, -0.05) is 13.8 Å². The van der Waals surface area contributed by atoms with Gasteiger partial charge in [0, 0.05) is 0 Å². The molecular weight excluding hydrogens is 458 g/mol. The van der Waals surface area contributed by atoms with Gasteiger partial charge in [-0.3, -0.25) is 19.2 Å². The van der Waals surface area contributed by atoms with Crippen molar-refractivity contribution in [3.05, 3.63) is 0 Å². The number of nitrogens with two attached hydrogens (primary N) is 2. The van der Waals surface area contributed by atoms with Crippen LogP contribution in [0.5, 0.6) is 0 Å². The maximum absolute atomic E-state index is 12.9. The first kappa shape index (κ1) is 30.0. The number of hydrogen-bond donors (Lipinski definition) is 6. The van der Waals surface area contributed by atoms with Crippen molar-refractivity contribution in [2.45, 2.75) is 57.3 Å². The Bertz CT molecular complexity index is 664. The highest BCUT2D eigenvalue weighted by Crippen LogP contribution is 2.08. The van der Waals surface area contributed by atoms with Gasteiger partial charge in [0.2, 0.25) is 23.6 Å². The first-order chi connectivity index (χ1) is 14.9. The highest BCUT2D eigenvalue weighted by atomic mass is 32.2. The van der Waals surface area contributed by atoms with E-state index in [1.807, 2.05) is 12.5 Å². The number of thioether (sulfide) groups is 2. The van der Waals surface area contributed by atoms with Crippen LogP contribution < -0.4 is 27.4 Å². The number of carbonyl (C=O) groups is 5. The van der Waals surface area contributed by atoms with Crippen molar-refractivity contribution < 1.29 is 29.1 Å². The van der Waals surface area contributed by atoms with Gasteiger partial charge in [0.1, 0.15) is 18.1 Å². The van der Waals surface area contributed by atoms with Gasteiger partial charge in [0.25, 0.3) is 0 Å². The molecule has 0 heterocycles. The summed E-state index contributed by atoms with van der Waals surface area (Å²) in [5.41, 5.74) is 10.9. The van der Waals surface area contributed by atoms with Crippen molar-refractivity contribution in [3.63, 3.8) is 0 Å². The second kappa shape index (κ2) is 15.8. The Hall–Kier alpha value is -1.99. The maximum Gasteiger partial charge on any atom is 0.326 e. The molecule has 0 aromatic rings. The van der Waals surface area contributed by atoms with Gasteiger partial charge in [-0.15, -0.1) is 0 Å². The van der Waals surface area contributed by atoms with Gasteiger partial charge >= 0.3 is 5.97 Å². The number of hydrogen-bond acceptors (Lipinski definition) is 8. The fourth-order valence-electron chi connectivity index (χ4n) is 2.61. The highest BCUT2D eigenvalue weighted by molar-refractivity contribution is 7.98. The number of carbonyl (C=O) groups excluding carboxylic acids is 4. The number of aliphatic carboxylic acids is 1. The predicted molar refractivity (Wildman–Crippen MR) is 126 cm³/mol. The van der Waals surface area contributed by atoms with E-state index in [-0.39, 0.29) is 12.3 Å². The van der Waals surface area contributed by atoms with E-state index in [9.17, 15) is 29.1 Å². The molecule has 0 aromatic heterocycles. The molecule has 32 heavy (non-hydrogen) atoms. The fourth-order valence-corrected chi connectivity index (χ4v) is 3.57. The summed E-state index contributed by atoms with van der Waals surface area (Å²) in [7, 11) is 0. The Balaban J connectivity index is 5.35. The summed E-state index contributed by atoms with van der Waals surface area (Å²) >= 11 is 2.99. The summed E-state index contributed by atoms with van der Waals surface area (Å²) in [5, 5.41) is 16.7. The molecule has 11 nitrogen and oxygen atoms in total. The molecule has 0 saturated heterocycles. The van der Waals surface area contributed by atoms with Gasteiger partial charge in [-0.2, -0.15) is 23.5 Å². The third kappa shape index (κ3) is 11.6. The molecule has 4 unspecified atom stereocenters. The Kier molecular flexibility index (Phi) is 14.8. The van der Waals surface area contributed by atoms with E-state index in [0.29, 0.717) is 17.9 Å². The Morgan fingerprint density at radius 2 is 1.38 bits per heavy atom. The molecule has 0 saturated carbocycles. The van der Waals surface area contributed by atoms with Crippen LogP contribution in [0.15, 0.2) is 0 Å². The summed E-state index contributed by atoms with van der Waals surface area (Å²) in [6.07, 6.45) is 3.80. The van der Waals surface area contributed by atoms with Crippen molar-refractivity contribution in [2.75, 3.05) is 24.0 Å². The van der Waals surface area contributed by atoms with Gasteiger partial charge < -0.3 is 32.5 Å². The van der Waals surface area contributed by atoms with Crippen LogP contribution in [-0.2, 0) is 24.0 Å². The van der Waals surface area contributed by atoms with Crippen LogP contribution in [-0.4, -0.2) is 82.9 Å². The molecule has 0 bridgehead atoms. The molecule has 0 spiro atoms. The standard InChI is InChI=1S/C19H35N5O6S2/c1-10(2)15(24-16(26)11(20)5-7-31-3)18(28)22-12(6-8-32-4)17(27)23-13(19(29)30)9-14(21)25/h10-13,15H,5-9,20H2,1-4H3,(H2,21,25)(H,22,28)(H,23,27)(H,24,26)(H,29,30). The van der Waals surface area contributed by atoms with Crippen molar-refractivity contribution in [2.24, 2.45) is 17.4 Å². The Morgan fingerprint density at radius 1 is 0.844 bits per heavy atom. The predicted octanol–water partition coefficient (Wildman–Crippen LogP) is -1.11. The van der Waals surface area contributed by atoms with Crippen molar-refractivity contribution in [3.8, 4) is 0 Å². The molecule has 0 aliphatic heterocycles. The zero-order valence-corrected chi connectivity index (χ0v) is 20.5. The number of carboxylic acid groups (broad SMARTS) is 1. The molecule has 4 amide bonds. The summed E-state index contributed by atoms with van der Waals surface area (Å²) < 4.78 is 0. The molecule has 8 N–H and O–H groups in total. The SMILES string of the molecule is CSCCC(N)C(=O)NC(C(=O)NC(CCSC)C(=O)NC(CC(N)=O)C(=O)O)C(C)C. The molecular formula is C19H35N5O6S2. The van der Waals surface area contributed by atoms with E-state index in [1.165, 1.54) is 11.8 Å². The lowest BCUT2D eigenvalue weighted by molar-refractivity contribution is -0.143. The average Bonchev–Trinajstić information content (AvgIpc) is 2.71. The van der Waals surface area contributed by atoms with E-state index in [0.717, 1.165) is 0 Å². The monoisotopic (exact) mass is 493 g/mol. The first-order valence-corrected chi connectivity index (χ1v) is 12.9. The normalized spacial score (nSPS) is 14.7. The largest absolute Gasteiger partial charge is 0.480 e. The van der Waals surface area contributed by atoms with E-state index >= 15 is 0 Å².